The number of halogens is 1. The number of esters is 1. The number of hydrogen-bond donors (Lipinski definition) is 0. The van der Waals surface area contributed by atoms with Crippen LogP contribution in [0.15, 0.2) is 30.3 Å². The van der Waals surface area contributed by atoms with Crippen LogP contribution in [0.3, 0.4) is 0 Å². The Hall–Kier alpha value is -1.75. The number of likely N-dealkylation sites (tertiary alicyclic amines) is 1. The minimum atomic E-state index is -0.723. The first-order valence-electron chi connectivity index (χ1n) is 6.90. The molecule has 1 fully saturated rings. The molecule has 1 unspecified atom stereocenters. The van der Waals surface area contributed by atoms with Crippen molar-refractivity contribution in [2.45, 2.75) is 38.0 Å². The van der Waals surface area contributed by atoms with E-state index >= 15 is 0 Å². The number of alkyl halides is 1. The molecule has 0 N–H and O–H groups in total. The van der Waals surface area contributed by atoms with Gasteiger partial charge in [0.05, 0.1) is 0 Å². The molecule has 1 amide bonds. The molecule has 1 aliphatic rings. The fourth-order valence-electron chi connectivity index (χ4n) is 2.26. The predicted molar refractivity (Wildman–Crippen MR) is 77.8 cm³/mol. The number of hydrogen-bond acceptors (Lipinski definition) is 4. The quantitative estimate of drug-likeness (QED) is 0.634. The lowest BCUT2D eigenvalue weighted by Crippen LogP contribution is -2.42. The van der Waals surface area contributed by atoms with Gasteiger partial charge >= 0.3 is 12.1 Å². The Morgan fingerprint density at radius 1 is 1.38 bits per heavy atom. The molecule has 0 saturated carbocycles. The number of carbonyl (C=O) groups excluding carboxylic acids is 2. The molecule has 0 aliphatic carbocycles. The summed E-state index contributed by atoms with van der Waals surface area (Å²) in [7, 11) is 0. The second-order valence-electron chi connectivity index (χ2n) is 4.87. The van der Waals surface area contributed by atoms with Crippen molar-refractivity contribution in [2.75, 3.05) is 6.54 Å². The molecule has 0 bridgehead atoms. The van der Waals surface area contributed by atoms with E-state index in [9.17, 15) is 9.59 Å². The highest BCUT2D eigenvalue weighted by Crippen LogP contribution is 2.21. The Morgan fingerprint density at radius 3 is 2.76 bits per heavy atom. The Labute approximate surface area is 128 Å². The maximum absolute atomic E-state index is 12.1. The van der Waals surface area contributed by atoms with Crippen molar-refractivity contribution in [2.24, 2.45) is 0 Å². The summed E-state index contributed by atoms with van der Waals surface area (Å²) in [5.74, 6) is -0.407. The summed E-state index contributed by atoms with van der Waals surface area (Å²) >= 11 is 5.63. The average molecular weight is 312 g/mol. The SMILES string of the molecule is CC(Cl)OC(=O)N1CCC[C@H]1C(=O)OCc1ccccc1. The van der Waals surface area contributed by atoms with Gasteiger partial charge < -0.3 is 9.47 Å². The van der Waals surface area contributed by atoms with E-state index in [1.54, 1.807) is 6.92 Å². The van der Waals surface area contributed by atoms with Crippen molar-refractivity contribution in [1.29, 1.82) is 0 Å². The Bertz CT molecular complexity index is 492. The lowest BCUT2D eigenvalue weighted by molar-refractivity contribution is -0.149. The molecule has 2 atom stereocenters. The summed E-state index contributed by atoms with van der Waals surface area (Å²) in [5, 5.41) is 0. The van der Waals surface area contributed by atoms with E-state index in [0.29, 0.717) is 13.0 Å². The minimum absolute atomic E-state index is 0.199. The lowest BCUT2D eigenvalue weighted by Gasteiger charge is -2.23. The molecular formula is C15H18ClNO4. The van der Waals surface area contributed by atoms with Gasteiger partial charge in [-0.1, -0.05) is 41.9 Å². The van der Waals surface area contributed by atoms with Gasteiger partial charge in [0.15, 0.2) is 5.56 Å². The predicted octanol–water partition coefficient (Wildman–Crippen LogP) is 2.92. The van der Waals surface area contributed by atoms with E-state index in [-0.39, 0.29) is 6.61 Å². The van der Waals surface area contributed by atoms with Crippen LogP contribution in [-0.4, -0.2) is 35.1 Å². The molecule has 114 valence electrons. The number of benzene rings is 1. The van der Waals surface area contributed by atoms with Crippen molar-refractivity contribution in [3.63, 3.8) is 0 Å². The molecule has 6 heteroatoms. The molecule has 0 spiro atoms. The van der Waals surface area contributed by atoms with Crippen molar-refractivity contribution >= 4 is 23.7 Å². The lowest BCUT2D eigenvalue weighted by atomic mass is 10.2. The second-order valence-corrected chi connectivity index (χ2v) is 5.49. The zero-order valence-electron chi connectivity index (χ0n) is 11.8. The van der Waals surface area contributed by atoms with E-state index < -0.39 is 23.7 Å². The fourth-order valence-corrected chi connectivity index (χ4v) is 2.34. The highest BCUT2D eigenvalue weighted by atomic mass is 35.5. The Balaban J connectivity index is 1.90. The maximum Gasteiger partial charge on any atom is 0.411 e. The number of rotatable bonds is 4. The van der Waals surface area contributed by atoms with E-state index in [1.807, 2.05) is 30.3 Å². The maximum atomic E-state index is 12.1. The van der Waals surface area contributed by atoms with Crippen LogP contribution in [0.4, 0.5) is 4.79 Å². The van der Waals surface area contributed by atoms with Crippen LogP contribution in [0, 0.1) is 0 Å². The van der Waals surface area contributed by atoms with Crippen LogP contribution in [0.2, 0.25) is 0 Å². The fraction of sp³-hybridized carbons (Fsp3) is 0.467. The second kappa shape index (κ2) is 7.31. The van der Waals surface area contributed by atoms with Gasteiger partial charge in [-0.25, -0.2) is 9.59 Å². The van der Waals surface area contributed by atoms with Gasteiger partial charge in [0, 0.05) is 6.54 Å². The van der Waals surface area contributed by atoms with Crippen molar-refractivity contribution < 1.29 is 19.1 Å². The van der Waals surface area contributed by atoms with Crippen LogP contribution in [0.5, 0.6) is 0 Å². The van der Waals surface area contributed by atoms with Gasteiger partial charge in [-0.3, -0.25) is 4.90 Å². The first-order chi connectivity index (χ1) is 10.1. The Morgan fingerprint density at radius 2 is 2.10 bits per heavy atom. The van der Waals surface area contributed by atoms with Gasteiger partial charge in [-0.2, -0.15) is 0 Å². The first-order valence-corrected chi connectivity index (χ1v) is 7.33. The molecule has 1 aromatic rings. The first kappa shape index (κ1) is 15.6. The molecule has 0 aromatic heterocycles. The van der Waals surface area contributed by atoms with Gasteiger partial charge in [0.25, 0.3) is 0 Å². The summed E-state index contributed by atoms with van der Waals surface area (Å²) in [4.78, 5) is 25.4. The molecule has 2 rings (SSSR count). The monoisotopic (exact) mass is 311 g/mol. The van der Waals surface area contributed by atoms with Gasteiger partial charge in [-0.05, 0) is 25.3 Å². The van der Waals surface area contributed by atoms with Crippen LogP contribution >= 0.6 is 11.6 Å². The van der Waals surface area contributed by atoms with Crippen molar-refractivity contribution in [3.05, 3.63) is 35.9 Å². The van der Waals surface area contributed by atoms with Crippen LogP contribution in [0.25, 0.3) is 0 Å². The molecular weight excluding hydrogens is 294 g/mol. The molecule has 21 heavy (non-hydrogen) atoms. The van der Waals surface area contributed by atoms with Gasteiger partial charge in [0.1, 0.15) is 12.6 Å². The number of nitrogens with zero attached hydrogens (tertiary/aromatic N) is 1. The molecule has 1 aliphatic heterocycles. The minimum Gasteiger partial charge on any atom is -0.459 e. The Kier molecular flexibility index (Phi) is 5.44. The number of ether oxygens (including phenoxy) is 2. The topological polar surface area (TPSA) is 55.8 Å². The number of amides is 1. The summed E-state index contributed by atoms with van der Waals surface area (Å²) in [6.45, 7) is 2.23. The van der Waals surface area contributed by atoms with E-state index in [4.69, 9.17) is 21.1 Å². The summed E-state index contributed by atoms with van der Waals surface area (Å²) in [6.07, 6.45) is 0.757. The third kappa shape index (κ3) is 4.36. The summed E-state index contributed by atoms with van der Waals surface area (Å²) < 4.78 is 10.2. The van der Waals surface area contributed by atoms with Gasteiger partial charge in [0.2, 0.25) is 0 Å². The van der Waals surface area contributed by atoms with Crippen molar-refractivity contribution in [1.82, 2.24) is 4.90 Å². The zero-order chi connectivity index (χ0) is 15.2. The van der Waals surface area contributed by atoms with E-state index in [2.05, 4.69) is 0 Å². The van der Waals surface area contributed by atoms with E-state index in [1.165, 1.54) is 4.90 Å². The largest absolute Gasteiger partial charge is 0.459 e. The standard InChI is InChI=1S/C15H18ClNO4/c1-11(16)21-15(19)17-9-5-8-13(17)14(18)20-10-12-6-3-2-4-7-12/h2-4,6-7,11,13H,5,8-10H2,1H3/t11?,13-/m0/s1. The van der Waals surface area contributed by atoms with Crippen LogP contribution in [0.1, 0.15) is 25.3 Å². The molecule has 5 nitrogen and oxygen atoms in total. The van der Waals surface area contributed by atoms with Crippen LogP contribution in [-0.2, 0) is 20.9 Å². The third-order valence-electron chi connectivity index (χ3n) is 3.25. The van der Waals surface area contributed by atoms with Crippen LogP contribution < -0.4 is 0 Å². The zero-order valence-corrected chi connectivity index (χ0v) is 12.6. The molecule has 1 heterocycles. The third-order valence-corrected chi connectivity index (χ3v) is 3.34. The molecule has 0 radical (unpaired) electrons. The van der Waals surface area contributed by atoms with Gasteiger partial charge in [-0.15, -0.1) is 0 Å². The highest BCUT2D eigenvalue weighted by molar-refractivity contribution is 6.19. The van der Waals surface area contributed by atoms with E-state index in [0.717, 1.165) is 12.0 Å². The number of carbonyl (C=O) groups is 2. The molecule has 1 saturated heterocycles. The smallest absolute Gasteiger partial charge is 0.411 e. The summed E-state index contributed by atoms with van der Waals surface area (Å²) in [6, 6.07) is 8.82. The van der Waals surface area contributed by atoms with Crippen molar-refractivity contribution in [3.8, 4) is 0 Å². The normalized spacial score (nSPS) is 19.1. The average Bonchev–Trinajstić information content (AvgIpc) is 2.95. The molecule has 1 aromatic carbocycles. The summed E-state index contributed by atoms with van der Waals surface area (Å²) in [5.41, 5.74) is 0.187. The highest BCUT2D eigenvalue weighted by Gasteiger charge is 2.36.